The number of nitro groups is 1. The van der Waals surface area contributed by atoms with E-state index in [0.29, 0.717) is 5.11 Å². The summed E-state index contributed by atoms with van der Waals surface area (Å²) < 4.78 is 6.03. The second-order valence-electron chi connectivity index (χ2n) is 7.79. The first kappa shape index (κ1) is 22.1. The molecule has 1 fully saturated rings. The van der Waals surface area contributed by atoms with Crippen LogP contribution in [0.2, 0.25) is 0 Å². The van der Waals surface area contributed by atoms with Crippen LogP contribution in [-0.2, 0) is 0 Å². The minimum atomic E-state index is -0.397. The summed E-state index contributed by atoms with van der Waals surface area (Å²) in [4.78, 5) is 19.0. The number of non-ortho nitro benzene ring substituents is 1. The Morgan fingerprint density at radius 3 is 2.32 bits per heavy atom. The molecule has 1 aliphatic heterocycles. The van der Waals surface area contributed by atoms with Crippen molar-refractivity contribution in [1.29, 1.82) is 0 Å². The molecule has 7 nitrogen and oxygen atoms in total. The molecule has 4 aromatic rings. The molecule has 0 spiro atoms. The van der Waals surface area contributed by atoms with Crippen LogP contribution in [0.25, 0.3) is 0 Å². The Hall–Kier alpha value is -3.69. The van der Waals surface area contributed by atoms with Crippen LogP contribution < -0.4 is 10.2 Å². The molecule has 170 valence electrons. The number of aromatic nitrogens is 1. The predicted molar refractivity (Wildman–Crippen MR) is 135 cm³/mol. The Bertz CT molecular complexity index is 1320. The highest BCUT2D eigenvalue weighted by molar-refractivity contribution is 7.99. The van der Waals surface area contributed by atoms with Crippen molar-refractivity contribution in [2.24, 2.45) is 0 Å². The summed E-state index contributed by atoms with van der Waals surface area (Å²) >= 11 is 7.28. The lowest BCUT2D eigenvalue weighted by atomic mass is 10.0. The van der Waals surface area contributed by atoms with Gasteiger partial charge < -0.3 is 14.6 Å². The van der Waals surface area contributed by atoms with E-state index in [0.717, 1.165) is 32.7 Å². The van der Waals surface area contributed by atoms with E-state index in [1.807, 2.05) is 61.5 Å². The van der Waals surface area contributed by atoms with Gasteiger partial charge in [0.2, 0.25) is 0 Å². The minimum Gasteiger partial charge on any atom is -0.464 e. The van der Waals surface area contributed by atoms with Crippen LogP contribution in [0.3, 0.4) is 0 Å². The summed E-state index contributed by atoms with van der Waals surface area (Å²) in [6, 6.07) is 24.0. The van der Waals surface area contributed by atoms with Crippen LogP contribution in [0.5, 0.6) is 0 Å². The van der Waals surface area contributed by atoms with E-state index in [1.54, 1.807) is 18.3 Å². The molecule has 1 N–H and O–H groups in total. The molecule has 34 heavy (non-hydrogen) atoms. The van der Waals surface area contributed by atoms with Crippen LogP contribution in [0, 0.1) is 17.0 Å². The molecule has 0 saturated carbocycles. The smallest absolute Gasteiger partial charge is 0.269 e. The van der Waals surface area contributed by atoms with Crippen molar-refractivity contribution >= 4 is 40.5 Å². The van der Waals surface area contributed by atoms with Crippen molar-refractivity contribution in [1.82, 2.24) is 10.3 Å². The zero-order chi connectivity index (χ0) is 23.7. The molecule has 3 heterocycles. The second kappa shape index (κ2) is 9.28. The van der Waals surface area contributed by atoms with Gasteiger partial charge in [0.1, 0.15) is 17.6 Å². The number of nitro benzene ring substituents is 1. The molecule has 0 aliphatic carbocycles. The lowest BCUT2D eigenvalue weighted by molar-refractivity contribution is -0.384. The van der Waals surface area contributed by atoms with E-state index in [9.17, 15) is 10.1 Å². The Kier molecular flexibility index (Phi) is 6.04. The number of thiocarbonyl (C=S) groups is 1. The highest BCUT2D eigenvalue weighted by atomic mass is 32.2. The van der Waals surface area contributed by atoms with Crippen LogP contribution >= 0.6 is 24.0 Å². The Labute approximate surface area is 206 Å². The Morgan fingerprint density at radius 1 is 1.03 bits per heavy atom. The van der Waals surface area contributed by atoms with Gasteiger partial charge in [-0.15, -0.1) is 0 Å². The van der Waals surface area contributed by atoms with Gasteiger partial charge in [0.25, 0.3) is 5.69 Å². The zero-order valence-electron chi connectivity index (χ0n) is 18.1. The lowest BCUT2D eigenvalue weighted by Crippen LogP contribution is -2.29. The molecule has 1 saturated heterocycles. The van der Waals surface area contributed by atoms with Gasteiger partial charge in [-0.25, -0.2) is 0 Å². The van der Waals surface area contributed by atoms with Crippen LogP contribution in [-0.4, -0.2) is 15.0 Å². The minimum absolute atomic E-state index is 0.0800. The van der Waals surface area contributed by atoms with E-state index < -0.39 is 4.92 Å². The van der Waals surface area contributed by atoms with Gasteiger partial charge in [0.05, 0.1) is 16.7 Å². The Balaban J connectivity index is 1.43. The molecule has 9 heteroatoms. The molecule has 2 atom stereocenters. The van der Waals surface area contributed by atoms with Crippen LogP contribution in [0.15, 0.2) is 99.3 Å². The van der Waals surface area contributed by atoms with Gasteiger partial charge >= 0.3 is 0 Å². The van der Waals surface area contributed by atoms with Crippen molar-refractivity contribution < 1.29 is 9.34 Å². The molecular weight excluding hydrogens is 468 g/mol. The number of nitrogens with one attached hydrogen (secondary N) is 1. The van der Waals surface area contributed by atoms with E-state index in [2.05, 4.69) is 15.2 Å². The molecule has 0 bridgehead atoms. The van der Waals surface area contributed by atoms with Gasteiger partial charge in [-0.3, -0.25) is 15.1 Å². The fourth-order valence-corrected chi connectivity index (χ4v) is 5.14. The normalized spacial score (nSPS) is 17.6. The van der Waals surface area contributed by atoms with Crippen LogP contribution in [0.1, 0.15) is 29.3 Å². The van der Waals surface area contributed by atoms with Gasteiger partial charge in [0, 0.05) is 33.8 Å². The van der Waals surface area contributed by atoms with Gasteiger partial charge in [-0.05, 0) is 79.8 Å². The monoisotopic (exact) mass is 488 g/mol. The Morgan fingerprint density at radius 2 is 1.74 bits per heavy atom. The third-order valence-electron chi connectivity index (χ3n) is 5.55. The van der Waals surface area contributed by atoms with Gasteiger partial charge in [-0.1, -0.05) is 17.8 Å². The first-order valence-electron chi connectivity index (χ1n) is 10.6. The van der Waals surface area contributed by atoms with Crippen LogP contribution in [0.4, 0.5) is 11.4 Å². The number of anilines is 1. The van der Waals surface area contributed by atoms with Gasteiger partial charge in [0.15, 0.2) is 5.11 Å². The maximum absolute atomic E-state index is 10.9. The van der Waals surface area contributed by atoms with Crippen molar-refractivity contribution in [3.63, 3.8) is 0 Å². The molecule has 0 amide bonds. The first-order valence-corrected chi connectivity index (χ1v) is 11.8. The maximum atomic E-state index is 10.9. The highest BCUT2D eigenvalue weighted by Crippen LogP contribution is 2.42. The number of hydrogen-bond acceptors (Lipinski definition) is 6. The van der Waals surface area contributed by atoms with Crippen molar-refractivity contribution in [2.45, 2.75) is 28.8 Å². The fourth-order valence-electron chi connectivity index (χ4n) is 3.98. The summed E-state index contributed by atoms with van der Waals surface area (Å²) in [6.07, 6.45) is 1.78. The summed E-state index contributed by atoms with van der Waals surface area (Å²) in [7, 11) is 0. The average Bonchev–Trinajstić information content (AvgIpc) is 3.43. The highest BCUT2D eigenvalue weighted by Gasteiger charge is 2.42. The molecular formula is C25H20N4O3S2. The molecule has 0 radical (unpaired) electrons. The number of benzene rings is 2. The number of pyridine rings is 1. The second-order valence-corrected chi connectivity index (χ2v) is 9.33. The number of rotatable bonds is 6. The standard InChI is InChI=1S/C25H20N4O3S2/c1-16-5-14-22(32-16)24-23(21-4-2-3-15-26-21)27-25(33)28(24)17-6-10-19(11-7-17)34-20-12-8-18(9-13-20)29(30)31/h2-15,23-24H,1H3,(H,27,33)/t23-,24+/m1/s1. The van der Waals surface area contributed by atoms with E-state index in [4.69, 9.17) is 16.6 Å². The van der Waals surface area contributed by atoms with E-state index >= 15 is 0 Å². The van der Waals surface area contributed by atoms with Gasteiger partial charge in [-0.2, -0.15) is 0 Å². The quantitative estimate of drug-likeness (QED) is 0.195. The lowest BCUT2D eigenvalue weighted by Gasteiger charge is -2.26. The largest absolute Gasteiger partial charge is 0.464 e. The topological polar surface area (TPSA) is 84.4 Å². The van der Waals surface area contributed by atoms with E-state index in [-0.39, 0.29) is 17.8 Å². The van der Waals surface area contributed by atoms with Crippen molar-refractivity contribution in [3.05, 3.63) is 112 Å². The average molecular weight is 489 g/mol. The maximum Gasteiger partial charge on any atom is 0.269 e. The molecule has 2 aromatic carbocycles. The number of furan rings is 1. The summed E-state index contributed by atoms with van der Waals surface area (Å²) in [5.41, 5.74) is 1.90. The van der Waals surface area contributed by atoms with Crippen molar-refractivity contribution in [2.75, 3.05) is 4.90 Å². The summed E-state index contributed by atoms with van der Waals surface area (Å²) in [5, 5.41) is 14.9. The number of hydrogen-bond donors (Lipinski definition) is 1. The third kappa shape index (κ3) is 4.40. The first-order chi connectivity index (χ1) is 16.5. The molecule has 0 unspecified atom stereocenters. The number of aryl methyl sites for hydroxylation is 1. The number of nitrogens with zero attached hydrogens (tertiary/aromatic N) is 3. The molecule has 5 rings (SSSR count). The third-order valence-corrected chi connectivity index (χ3v) is 6.88. The fraction of sp³-hybridized carbons (Fsp3) is 0.120. The summed E-state index contributed by atoms with van der Waals surface area (Å²) in [6.45, 7) is 1.93. The predicted octanol–water partition coefficient (Wildman–Crippen LogP) is 6.22. The zero-order valence-corrected chi connectivity index (χ0v) is 19.8. The van der Waals surface area contributed by atoms with Crippen molar-refractivity contribution in [3.8, 4) is 0 Å². The van der Waals surface area contributed by atoms with E-state index in [1.165, 1.54) is 23.9 Å². The molecule has 2 aromatic heterocycles. The molecule has 1 aliphatic rings. The summed E-state index contributed by atoms with van der Waals surface area (Å²) in [5.74, 6) is 1.65. The SMILES string of the molecule is Cc1ccc([C@H]2[C@@H](c3ccccn3)NC(=S)N2c2ccc(Sc3ccc([N+](=O)[O-])cc3)cc2)o1.